The Bertz CT molecular complexity index is 1110. The first-order valence-corrected chi connectivity index (χ1v) is 9.41. The fraction of sp³-hybridized carbons (Fsp3) is 0.125. The molecule has 0 saturated carbocycles. The normalized spacial score (nSPS) is 12.8. The molecule has 0 unspecified atom stereocenters. The molecule has 3 aromatic carbocycles. The van der Waals surface area contributed by atoms with Gasteiger partial charge in [-0.3, -0.25) is 19.3 Å². The van der Waals surface area contributed by atoms with Crippen molar-refractivity contribution in [2.75, 3.05) is 0 Å². The smallest absolute Gasteiger partial charge is 0.261 e. The second-order valence-electron chi connectivity index (χ2n) is 7.05. The highest BCUT2D eigenvalue weighted by atomic mass is 16.2. The first kappa shape index (κ1) is 18.6. The maximum Gasteiger partial charge on any atom is 0.261 e. The lowest BCUT2D eigenvalue weighted by molar-refractivity contribution is 0.0642. The van der Waals surface area contributed by atoms with Gasteiger partial charge in [0, 0.05) is 12.1 Å². The van der Waals surface area contributed by atoms with Crippen LogP contribution in [0.4, 0.5) is 0 Å². The lowest BCUT2D eigenvalue weighted by Gasteiger charge is -2.13. The third-order valence-corrected chi connectivity index (χ3v) is 5.12. The van der Waals surface area contributed by atoms with Crippen molar-refractivity contribution in [3.8, 4) is 0 Å². The summed E-state index contributed by atoms with van der Waals surface area (Å²) in [4.78, 5) is 39.2. The SMILES string of the molecule is Cc1ccccc1CNC(=O)c1ccc2c(c1)C(=O)N(Cc1ccccc1)C2=O. The Hall–Kier alpha value is -3.73. The van der Waals surface area contributed by atoms with Gasteiger partial charge >= 0.3 is 0 Å². The zero-order valence-electron chi connectivity index (χ0n) is 16.0. The van der Waals surface area contributed by atoms with Crippen molar-refractivity contribution in [1.29, 1.82) is 0 Å². The van der Waals surface area contributed by atoms with Crippen molar-refractivity contribution in [3.05, 3.63) is 106 Å². The molecule has 5 nitrogen and oxygen atoms in total. The van der Waals surface area contributed by atoms with Crippen LogP contribution in [-0.2, 0) is 13.1 Å². The Labute approximate surface area is 169 Å². The molecule has 0 aliphatic carbocycles. The number of hydrogen-bond donors (Lipinski definition) is 1. The molecule has 144 valence electrons. The molecule has 0 radical (unpaired) electrons. The second-order valence-corrected chi connectivity index (χ2v) is 7.05. The molecule has 29 heavy (non-hydrogen) atoms. The van der Waals surface area contributed by atoms with Crippen LogP contribution in [0.15, 0.2) is 72.8 Å². The van der Waals surface area contributed by atoms with Crippen LogP contribution in [0, 0.1) is 6.92 Å². The first-order chi connectivity index (χ1) is 14.0. The van der Waals surface area contributed by atoms with Crippen LogP contribution in [0.3, 0.4) is 0 Å². The van der Waals surface area contributed by atoms with E-state index >= 15 is 0 Å². The van der Waals surface area contributed by atoms with Crippen molar-refractivity contribution in [1.82, 2.24) is 10.2 Å². The van der Waals surface area contributed by atoms with E-state index in [4.69, 9.17) is 0 Å². The van der Waals surface area contributed by atoms with E-state index in [0.717, 1.165) is 16.7 Å². The van der Waals surface area contributed by atoms with Crippen LogP contribution in [0.1, 0.15) is 47.8 Å². The maximum absolute atomic E-state index is 12.8. The molecule has 3 aromatic rings. The van der Waals surface area contributed by atoms with E-state index in [-0.39, 0.29) is 29.8 Å². The Balaban J connectivity index is 1.51. The Morgan fingerprint density at radius 1 is 0.862 bits per heavy atom. The first-order valence-electron chi connectivity index (χ1n) is 9.41. The number of carbonyl (C=O) groups excluding carboxylic acids is 3. The predicted octanol–water partition coefficient (Wildman–Crippen LogP) is 3.72. The number of amides is 3. The van der Waals surface area contributed by atoms with Crippen LogP contribution in [-0.4, -0.2) is 22.6 Å². The molecule has 1 heterocycles. The highest BCUT2D eigenvalue weighted by Gasteiger charge is 2.35. The highest BCUT2D eigenvalue weighted by molar-refractivity contribution is 6.22. The number of nitrogens with zero attached hydrogens (tertiary/aromatic N) is 1. The maximum atomic E-state index is 12.8. The molecule has 0 fully saturated rings. The third-order valence-electron chi connectivity index (χ3n) is 5.12. The molecule has 1 aliphatic rings. The summed E-state index contributed by atoms with van der Waals surface area (Å²) in [7, 11) is 0. The van der Waals surface area contributed by atoms with Gasteiger partial charge in [0.15, 0.2) is 0 Å². The predicted molar refractivity (Wildman–Crippen MR) is 109 cm³/mol. The van der Waals surface area contributed by atoms with Crippen molar-refractivity contribution in [2.45, 2.75) is 20.0 Å². The molecule has 0 aromatic heterocycles. The average Bonchev–Trinajstić information content (AvgIpc) is 2.98. The number of imide groups is 1. The average molecular weight is 384 g/mol. The van der Waals surface area contributed by atoms with Crippen molar-refractivity contribution in [3.63, 3.8) is 0 Å². The van der Waals surface area contributed by atoms with Gasteiger partial charge in [0.05, 0.1) is 17.7 Å². The van der Waals surface area contributed by atoms with E-state index in [2.05, 4.69) is 5.32 Å². The minimum absolute atomic E-state index is 0.210. The van der Waals surface area contributed by atoms with Crippen LogP contribution in [0.5, 0.6) is 0 Å². The van der Waals surface area contributed by atoms with E-state index in [0.29, 0.717) is 17.7 Å². The summed E-state index contributed by atoms with van der Waals surface area (Å²) in [6.07, 6.45) is 0. The highest BCUT2D eigenvalue weighted by Crippen LogP contribution is 2.25. The van der Waals surface area contributed by atoms with E-state index in [9.17, 15) is 14.4 Å². The lowest BCUT2D eigenvalue weighted by Crippen LogP contribution is -2.29. The molecule has 5 heteroatoms. The van der Waals surface area contributed by atoms with Gasteiger partial charge in [-0.1, -0.05) is 54.6 Å². The van der Waals surface area contributed by atoms with Gasteiger partial charge in [-0.15, -0.1) is 0 Å². The monoisotopic (exact) mass is 384 g/mol. The van der Waals surface area contributed by atoms with Gasteiger partial charge < -0.3 is 5.32 Å². The van der Waals surface area contributed by atoms with Gasteiger partial charge in [-0.2, -0.15) is 0 Å². The zero-order valence-corrected chi connectivity index (χ0v) is 16.0. The summed E-state index contributed by atoms with van der Waals surface area (Å²) in [5.74, 6) is -0.985. The number of hydrogen-bond acceptors (Lipinski definition) is 3. The van der Waals surface area contributed by atoms with Crippen LogP contribution in [0.2, 0.25) is 0 Å². The van der Waals surface area contributed by atoms with E-state index in [1.165, 1.54) is 11.0 Å². The van der Waals surface area contributed by atoms with Gasteiger partial charge in [0.1, 0.15) is 0 Å². The number of benzene rings is 3. The van der Waals surface area contributed by atoms with E-state index in [1.54, 1.807) is 12.1 Å². The second kappa shape index (κ2) is 7.72. The summed E-state index contributed by atoms with van der Waals surface area (Å²) in [5, 5.41) is 2.88. The Morgan fingerprint density at radius 3 is 2.31 bits per heavy atom. The van der Waals surface area contributed by atoms with Crippen molar-refractivity contribution in [2.24, 2.45) is 0 Å². The molecule has 1 aliphatic heterocycles. The van der Waals surface area contributed by atoms with Gasteiger partial charge in [0.2, 0.25) is 0 Å². The number of fused-ring (bicyclic) bond motifs is 1. The Kier molecular flexibility index (Phi) is 4.96. The minimum atomic E-state index is -0.373. The largest absolute Gasteiger partial charge is 0.348 e. The summed E-state index contributed by atoms with van der Waals surface area (Å²) in [6.45, 7) is 2.60. The lowest BCUT2D eigenvalue weighted by atomic mass is 10.0. The van der Waals surface area contributed by atoms with Crippen LogP contribution >= 0.6 is 0 Å². The number of rotatable bonds is 5. The quantitative estimate of drug-likeness (QED) is 0.682. The molecule has 0 spiro atoms. The number of aryl methyl sites for hydroxylation is 1. The zero-order chi connectivity index (χ0) is 20.4. The standard InChI is InChI=1S/C24H20N2O3/c1-16-7-5-6-10-19(16)14-25-22(27)18-11-12-20-21(13-18)24(29)26(23(20)28)15-17-8-3-2-4-9-17/h2-13H,14-15H2,1H3,(H,25,27). The van der Waals surface area contributed by atoms with Crippen LogP contribution in [0.25, 0.3) is 0 Å². The van der Waals surface area contributed by atoms with Crippen molar-refractivity contribution >= 4 is 17.7 Å². The molecule has 1 N–H and O–H groups in total. The third kappa shape index (κ3) is 3.67. The fourth-order valence-electron chi connectivity index (χ4n) is 3.43. The van der Waals surface area contributed by atoms with Gasteiger partial charge in [-0.05, 0) is 41.8 Å². The summed E-state index contributed by atoms with van der Waals surface area (Å²) >= 11 is 0. The minimum Gasteiger partial charge on any atom is -0.348 e. The molecular formula is C24H20N2O3. The molecule has 0 atom stereocenters. The molecule has 4 rings (SSSR count). The molecule has 0 saturated heterocycles. The fourth-order valence-corrected chi connectivity index (χ4v) is 3.43. The topological polar surface area (TPSA) is 66.5 Å². The summed E-state index contributed by atoms with van der Waals surface area (Å²) in [6, 6.07) is 21.8. The summed E-state index contributed by atoms with van der Waals surface area (Å²) in [5.41, 5.74) is 3.97. The van der Waals surface area contributed by atoms with Gasteiger partial charge in [-0.25, -0.2) is 0 Å². The van der Waals surface area contributed by atoms with E-state index < -0.39 is 0 Å². The number of nitrogens with one attached hydrogen (secondary N) is 1. The van der Waals surface area contributed by atoms with Crippen LogP contribution < -0.4 is 5.32 Å². The van der Waals surface area contributed by atoms with Gasteiger partial charge in [0.25, 0.3) is 17.7 Å². The number of carbonyl (C=O) groups is 3. The Morgan fingerprint density at radius 2 is 1.55 bits per heavy atom. The van der Waals surface area contributed by atoms with E-state index in [1.807, 2.05) is 61.5 Å². The molecule has 3 amide bonds. The summed E-state index contributed by atoms with van der Waals surface area (Å²) < 4.78 is 0. The van der Waals surface area contributed by atoms with Crippen molar-refractivity contribution < 1.29 is 14.4 Å². The molecular weight excluding hydrogens is 364 g/mol. The molecule has 0 bridgehead atoms.